The second-order valence-electron chi connectivity index (χ2n) is 4.76. The zero-order valence-electron chi connectivity index (χ0n) is 10.9. The van der Waals surface area contributed by atoms with Gasteiger partial charge in [0.2, 0.25) is 5.78 Å². The van der Waals surface area contributed by atoms with Gasteiger partial charge in [0.1, 0.15) is 0 Å². The number of Topliss-reactive ketones (excluding diaryl/α,β-unsaturated/α-hetero) is 1. The van der Waals surface area contributed by atoms with Crippen molar-refractivity contribution in [1.29, 1.82) is 0 Å². The number of ketones is 1. The third kappa shape index (κ3) is 3.03. The first-order valence-corrected chi connectivity index (χ1v) is 5.79. The molecule has 0 aromatic heterocycles. The van der Waals surface area contributed by atoms with Crippen LogP contribution in [-0.4, -0.2) is 23.8 Å². The van der Waals surface area contributed by atoms with E-state index < -0.39 is 29.4 Å². The second kappa shape index (κ2) is 5.31. The van der Waals surface area contributed by atoms with Crippen molar-refractivity contribution in [3.63, 3.8) is 0 Å². The first-order valence-electron chi connectivity index (χ1n) is 5.79. The normalized spacial score (nSPS) is 13.6. The fraction of sp³-hybridized carbons (Fsp3) is 0.462. The van der Waals surface area contributed by atoms with E-state index in [1.807, 2.05) is 0 Å². The molecule has 0 unspecified atom stereocenters. The molecule has 0 amide bonds. The minimum atomic E-state index is -6.53. The van der Waals surface area contributed by atoms with Crippen LogP contribution in [0.2, 0.25) is 0 Å². The largest absolute Gasteiger partial charge is 0.460 e. The van der Waals surface area contributed by atoms with Crippen molar-refractivity contribution in [2.45, 2.75) is 37.8 Å². The van der Waals surface area contributed by atoms with Gasteiger partial charge >= 0.3 is 18.0 Å². The maximum Gasteiger partial charge on any atom is 0.460 e. The number of hydrogen-bond acceptors (Lipinski definition) is 1. The molecule has 1 rings (SSSR count). The smallest absolute Gasteiger partial charge is 0.287 e. The van der Waals surface area contributed by atoms with E-state index in [-0.39, 0.29) is 5.92 Å². The van der Waals surface area contributed by atoms with Crippen molar-refractivity contribution < 1.29 is 35.5 Å². The highest BCUT2D eigenvalue weighted by molar-refractivity contribution is 6.02. The maximum absolute atomic E-state index is 13.3. The molecule has 21 heavy (non-hydrogen) atoms. The predicted octanol–water partition coefficient (Wildman–Crippen LogP) is 4.83. The Morgan fingerprint density at radius 2 is 1.52 bits per heavy atom. The molecule has 8 heteroatoms. The lowest BCUT2D eigenvalue weighted by molar-refractivity contribution is -0.339. The van der Waals surface area contributed by atoms with Crippen LogP contribution in [-0.2, 0) is 0 Å². The van der Waals surface area contributed by atoms with Gasteiger partial charge in [-0.05, 0) is 17.5 Å². The molecule has 0 bridgehead atoms. The molecule has 0 aliphatic heterocycles. The van der Waals surface area contributed by atoms with Crippen molar-refractivity contribution in [3.8, 4) is 0 Å². The van der Waals surface area contributed by atoms with Crippen LogP contribution in [0.25, 0.3) is 0 Å². The number of carbonyl (C=O) groups is 1. The zero-order valence-corrected chi connectivity index (χ0v) is 10.9. The monoisotopic (exact) mass is 316 g/mol. The van der Waals surface area contributed by atoms with Crippen LogP contribution in [0, 0.1) is 0 Å². The minimum Gasteiger partial charge on any atom is -0.287 e. The lowest BCUT2D eigenvalue weighted by Gasteiger charge is -2.27. The highest BCUT2D eigenvalue weighted by atomic mass is 19.4. The van der Waals surface area contributed by atoms with Gasteiger partial charge in [-0.15, -0.1) is 0 Å². The summed E-state index contributed by atoms with van der Waals surface area (Å²) in [4.78, 5) is 11.4. The summed E-state index contributed by atoms with van der Waals surface area (Å²) in [7, 11) is 0. The van der Waals surface area contributed by atoms with Gasteiger partial charge in [0, 0.05) is 5.56 Å². The van der Waals surface area contributed by atoms with E-state index in [9.17, 15) is 35.5 Å². The molecular weight excluding hydrogens is 305 g/mol. The van der Waals surface area contributed by atoms with Crippen molar-refractivity contribution in [1.82, 2.24) is 0 Å². The van der Waals surface area contributed by atoms with E-state index in [0.717, 1.165) is 18.2 Å². The van der Waals surface area contributed by atoms with E-state index >= 15 is 0 Å². The van der Waals surface area contributed by atoms with Crippen molar-refractivity contribution in [2.24, 2.45) is 0 Å². The first kappa shape index (κ1) is 17.5. The summed E-state index contributed by atoms with van der Waals surface area (Å²) in [5.74, 6) is -15.1. The fourth-order valence-corrected chi connectivity index (χ4v) is 1.54. The van der Waals surface area contributed by atoms with Crippen LogP contribution in [0.5, 0.6) is 0 Å². The Hall–Kier alpha value is -1.60. The fourth-order valence-electron chi connectivity index (χ4n) is 1.54. The summed E-state index contributed by atoms with van der Waals surface area (Å²) in [5, 5.41) is 0. The first-order chi connectivity index (χ1) is 9.32. The molecule has 0 heterocycles. The summed E-state index contributed by atoms with van der Waals surface area (Å²) in [5.41, 5.74) is -0.526. The third-order valence-corrected chi connectivity index (χ3v) is 2.85. The summed E-state index contributed by atoms with van der Waals surface area (Å²) >= 11 is 0. The van der Waals surface area contributed by atoms with E-state index in [1.54, 1.807) is 13.8 Å². The van der Waals surface area contributed by atoms with Gasteiger partial charge in [-0.2, -0.15) is 30.7 Å². The van der Waals surface area contributed by atoms with Gasteiger partial charge < -0.3 is 0 Å². The minimum absolute atomic E-state index is 0.213. The van der Waals surface area contributed by atoms with E-state index in [4.69, 9.17) is 0 Å². The van der Waals surface area contributed by atoms with Crippen LogP contribution in [0.3, 0.4) is 0 Å². The molecule has 0 fully saturated rings. The quantitative estimate of drug-likeness (QED) is 0.574. The molecule has 0 atom stereocenters. The average molecular weight is 316 g/mol. The molecule has 0 aliphatic rings. The van der Waals surface area contributed by atoms with Gasteiger partial charge in [-0.25, -0.2) is 0 Å². The Balaban J connectivity index is 3.27. The molecule has 1 aromatic rings. The van der Waals surface area contributed by atoms with Crippen LogP contribution in [0.4, 0.5) is 30.7 Å². The Bertz CT molecular complexity index is 532. The molecule has 0 N–H and O–H groups in total. The lowest BCUT2D eigenvalue weighted by atomic mass is 9.95. The summed E-state index contributed by atoms with van der Waals surface area (Å²) in [6.45, 7) is 3.29. The Morgan fingerprint density at radius 1 is 1.00 bits per heavy atom. The maximum atomic E-state index is 13.3. The number of rotatable bonds is 4. The highest BCUT2D eigenvalue weighted by Gasteiger charge is 2.76. The lowest BCUT2D eigenvalue weighted by Crippen LogP contribution is -2.56. The zero-order chi connectivity index (χ0) is 16.6. The number of benzene rings is 1. The molecule has 118 valence electrons. The second-order valence-corrected chi connectivity index (χ2v) is 4.76. The molecule has 1 aromatic carbocycles. The van der Waals surface area contributed by atoms with Crippen molar-refractivity contribution in [3.05, 3.63) is 35.4 Å². The van der Waals surface area contributed by atoms with Crippen LogP contribution >= 0.6 is 0 Å². The number of halogens is 7. The topological polar surface area (TPSA) is 17.1 Å². The number of alkyl halides is 7. The predicted molar refractivity (Wildman–Crippen MR) is 60.8 cm³/mol. The SMILES string of the molecule is CC(C)c1cccc(C(=O)C(F)(F)C(F)(F)C(F)(F)F)c1. The van der Waals surface area contributed by atoms with Gasteiger partial charge in [-0.1, -0.05) is 32.0 Å². The molecule has 0 radical (unpaired) electrons. The number of carbonyl (C=O) groups excluding carboxylic acids is 1. The molecule has 0 aliphatic carbocycles. The Labute approximate surface area is 115 Å². The summed E-state index contributed by atoms with van der Waals surface area (Å²) in [6, 6.07) is 4.24. The third-order valence-electron chi connectivity index (χ3n) is 2.85. The summed E-state index contributed by atoms with van der Waals surface area (Å²) in [6.07, 6.45) is -6.53. The van der Waals surface area contributed by atoms with Gasteiger partial charge in [0.15, 0.2) is 0 Å². The van der Waals surface area contributed by atoms with Gasteiger partial charge in [-0.3, -0.25) is 4.79 Å². The van der Waals surface area contributed by atoms with E-state index in [2.05, 4.69) is 0 Å². The molecule has 1 nitrogen and oxygen atoms in total. The van der Waals surface area contributed by atoms with E-state index in [1.165, 1.54) is 6.07 Å². The molecule has 0 saturated carbocycles. The molecule has 0 saturated heterocycles. The van der Waals surface area contributed by atoms with E-state index in [0.29, 0.717) is 5.56 Å². The average Bonchev–Trinajstić information content (AvgIpc) is 2.36. The van der Waals surface area contributed by atoms with Crippen LogP contribution in [0.15, 0.2) is 24.3 Å². The van der Waals surface area contributed by atoms with Crippen LogP contribution < -0.4 is 0 Å². The Morgan fingerprint density at radius 3 is 1.95 bits per heavy atom. The van der Waals surface area contributed by atoms with Crippen LogP contribution in [0.1, 0.15) is 35.7 Å². The van der Waals surface area contributed by atoms with Crippen molar-refractivity contribution >= 4 is 5.78 Å². The summed E-state index contributed by atoms with van der Waals surface area (Å²) < 4.78 is 88.3. The molecular formula is C13H11F7O. The van der Waals surface area contributed by atoms with Gasteiger partial charge in [0.25, 0.3) is 0 Å². The van der Waals surface area contributed by atoms with Gasteiger partial charge in [0.05, 0.1) is 0 Å². The molecule has 0 spiro atoms. The van der Waals surface area contributed by atoms with Crippen molar-refractivity contribution in [2.75, 3.05) is 0 Å². The highest BCUT2D eigenvalue weighted by Crippen LogP contribution is 2.47. The standard InChI is InChI=1S/C13H11F7O/c1-7(2)8-4-3-5-9(6-8)10(21)11(14,15)12(16,17)13(18,19)20/h3-7H,1-2H3. The Kier molecular flexibility index (Phi) is 4.41. The number of hydrogen-bond donors (Lipinski definition) is 0.